The van der Waals surface area contributed by atoms with Gasteiger partial charge in [-0.2, -0.15) is 5.10 Å². The first-order valence-electron chi connectivity index (χ1n) is 5.99. The number of hydrogen-bond acceptors (Lipinski definition) is 3. The number of anilines is 1. The zero-order valence-electron chi connectivity index (χ0n) is 10.6. The number of ketones is 1. The Labute approximate surface area is 106 Å². The van der Waals surface area contributed by atoms with E-state index >= 15 is 0 Å². The number of nitrogens with one attached hydrogen (secondary N) is 1. The summed E-state index contributed by atoms with van der Waals surface area (Å²) in [6, 6.07) is 8.10. The molecule has 0 bridgehead atoms. The zero-order chi connectivity index (χ0) is 13.1. The van der Waals surface area contributed by atoms with Gasteiger partial charge in [-0.25, -0.2) is 0 Å². The summed E-state index contributed by atoms with van der Waals surface area (Å²) in [7, 11) is 0. The van der Waals surface area contributed by atoms with E-state index in [0.29, 0.717) is 23.7 Å². The van der Waals surface area contributed by atoms with Gasteiger partial charge in [-0.3, -0.25) is 9.89 Å². The van der Waals surface area contributed by atoms with Crippen molar-refractivity contribution in [2.45, 2.75) is 26.2 Å². The predicted octanol–water partition coefficient (Wildman–Crippen LogP) is 2.54. The van der Waals surface area contributed by atoms with E-state index in [1.165, 1.54) is 11.8 Å². The lowest BCUT2D eigenvalue weighted by atomic mass is 9.99. The Bertz CT molecular complexity index is 540. The molecular weight excluding hydrogens is 226 g/mol. The smallest absolute Gasteiger partial charge is 0.172 e. The minimum Gasteiger partial charge on any atom is -0.383 e. The molecule has 0 radical (unpaired) electrons. The lowest BCUT2D eigenvalue weighted by molar-refractivity contribution is 0.0994. The highest BCUT2D eigenvalue weighted by Crippen LogP contribution is 2.16. The van der Waals surface area contributed by atoms with Crippen LogP contribution in [-0.4, -0.2) is 16.0 Å². The molecule has 94 valence electrons. The number of carbonyl (C=O) groups excluding carboxylic acids is 1. The molecule has 0 spiro atoms. The van der Waals surface area contributed by atoms with Crippen molar-refractivity contribution in [3.05, 3.63) is 47.2 Å². The van der Waals surface area contributed by atoms with E-state index in [4.69, 9.17) is 5.73 Å². The zero-order valence-corrected chi connectivity index (χ0v) is 10.6. The first kappa shape index (κ1) is 12.4. The second-order valence-electron chi connectivity index (χ2n) is 4.69. The van der Waals surface area contributed by atoms with E-state index in [1.807, 2.05) is 12.1 Å². The minimum atomic E-state index is -0.0152. The molecule has 0 aliphatic heterocycles. The van der Waals surface area contributed by atoms with Gasteiger partial charge in [0.2, 0.25) is 0 Å². The second-order valence-corrected chi connectivity index (χ2v) is 4.69. The average molecular weight is 243 g/mol. The van der Waals surface area contributed by atoms with Crippen LogP contribution in [0.2, 0.25) is 0 Å². The van der Waals surface area contributed by atoms with E-state index in [0.717, 1.165) is 5.56 Å². The maximum Gasteiger partial charge on any atom is 0.172 e. The van der Waals surface area contributed by atoms with Crippen molar-refractivity contribution in [2.24, 2.45) is 0 Å². The monoisotopic (exact) mass is 243 g/mol. The number of H-pyrrole nitrogens is 1. The van der Waals surface area contributed by atoms with Crippen LogP contribution in [0.15, 0.2) is 30.5 Å². The van der Waals surface area contributed by atoms with Crippen molar-refractivity contribution in [3.63, 3.8) is 0 Å². The molecule has 0 saturated heterocycles. The molecule has 1 heterocycles. The Kier molecular flexibility index (Phi) is 3.46. The van der Waals surface area contributed by atoms with E-state index < -0.39 is 0 Å². The largest absolute Gasteiger partial charge is 0.383 e. The average Bonchev–Trinajstić information content (AvgIpc) is 2.76. The standard InChI is InChI=1S/C14H17N3O/c1-9(2)11-5-3-10(4-6-11)7-13(18)12-8-16-17-14(12)15/h3-6,8-9H,7H2,1-2H3,(H3,15,16,17). The van der Waals surface area contributed by atoms with Gasteiger partial charge in [-0.15, -0.1) is 0 Å². The van der Waals surface area contributed by atoms with Gasteiger partial charge in [0.05, 0.1) is 11.8 Å². The molecule has 1 aromatic heterocycles. The molecule has 2 aromatic rings. The van der Waals surface area contributed by atoms with Gasteiger partial charge in [-0.05, 0) is 17.0 Å². The van der Waals surface area contributed by atoms with Gasteiger partial charge in [0.15, 0.2) is 5.78 Å². The highest BCUT2D eigenvalue weighted by molar-refractivity contribution is 6.00. The van der Waals surface area contributed by atoms with Crippen molar-refractivity contribution in [3.8, 4) is 0 Å². The highest BCUT2D eigenvalue weighted by Gasteiger charge is 2.12. The topological polar surface area (TPSA) is 71.8 Å². The van der Waals surface area contributed by atoms with Crippen molar-refractivity contribution in [1.82, 2.24) is 10.2 Å². The maximum absolute atomic E-state index is 12.0. The summed E-state index contributed by atoms with van der Waals surface area (Å²) in [6.07, 6.45) is 1.82. The number of hydrogen-bond donors (Lipinski definition) is 2. The fourth-order valence-corrected chi connectivity index (χ4v) is 1.82. The van der Waals surface area contributed by atoms with Crippen molar-refractivity contribution in [2.75, 3.05) is 5.73 Å². The maximum atomic E-state index is 12.0. The number of nitrogens with two attached hydrogens (primary N) is 1. The van der Waals surface area contributed by atoms with Crippen LogP contribution in [0.25, 0.3) is 0 Å². The molecule has 0 saturated carbocycles. The number of nitrogen functional groups attached to an aromatic ring is 1. The fraction of sp³-hybridized carbons (Fsp3) is 0.286. The number of benzene rings is 1. The number of Topliss-reactive ketones (excluding diaryl/α,β-unsaturated/α-hetero) is 1. The summed E-state index contributed by atoms with van der Waals surface area (Å²) in [4.78, 5) is 12.0. The van der Waals surface area contributed by atoms with Gasteiger partial charge >= 0.3 is 0 Å². The van der Waals surface area contributed by atoms with Crippen LogP contribution in [0.3, 0.4) is 0 Å². The van der Waals surface area contributed by atoms with Gasteiger partial charge in [0.25, 0.3) is 0 Å². The van der Waals surface area contributed by atoms with E-state index in [-0.39, 0.29) is 5.78 Å². The molecule has 0 fully saturated rings. The Morgan fingerprint density at radius 3 is 2.50 bits per heavy atom. The first-order chi connectivity index (χ1) is 8.58. The number of nitrogens with zero attached hydrogens (tertiary/aromatic N) is 1. The minimum absolute atomic E-state index is 0.0152. The summed E-state index contributed by atoms with van der Waals surface area (Å²) < 4.78 is 0. The fourth-order valence-electron chi connectivity index (χ4n) is 1.82. The Balaban J connectivity index is 2.10. The van der Waals surface area contributed by atoms with Crippen LogP contribution in [0, 0.1) is 0 Å². The number of carbonyl (C=O) groups is 1. The van der Waals surface area contributed by atoms with Crippen LogP contribution < -0.4 is 5.73 Å². The SMILES string of the molecule is CC(C)c1ccc(CC(=O)c2cn[nH]c2N)cc1. The number of aromatic nitrogens is 2. The van der Waals surface area contributed by atoms with E-state index in [1.54, 1.807) is 0 Å². The third-order valence-electron chi connectivity index (χ3n) is 2.98. The van der Waals surface area contributed by atoms with Crippen LogP contribution in [0.5, 0.6) is 0 Å². The molecule has 1 aromatic carbocycles. The quantitative estimate of drug-likeness (QED) is 0.810. The lowest BCUT2D eigenvalue weighted by Crippen LogP contribution is -2.05. The van der Waals surface area contributed by atoms with Crippen LogP contribution >= 0.6 is 0 Å². The van der Waals surface area contributed by atoms with E-state index in [9.17, 15) is 4.79 Å². The van der Waals surface area contributed by atoms with Crippen molar-refractivity contribution >= 4 is 11.6 Å². The van der Waals surface area contributed by atoms with Gasteiger partial charge in [0, 0.05) is 6.42 Å². The Morgan fingerprint density at radius 2 is 2.00 bits per heavy atom. The highest BCUT2D eigenvalue weighted by atomic mass is 16.1. The molecule has 3 N–H and O–H groups in total. The summed E-state index contributed by atoms with van der Waals surface area (Å²) in [5, 5.41) is 6.32. The molecular formula is C14H17N3O. The molecule has 2 rings (SSSR count). The summed E-state index contributed by atoms with van der Waals surface area (Å²) in [5.41, 5.74) is 8.34. The second kappa shape index (κ2) is 5.04. The molecule has 0 aliphatic carbocycles. The third kappa shape index (κ3) is 2.59. The summed E-state index contributed by atoms with van der Waals surface area (Å²) in [6.45, 7) is 4.29. The molecule has 18 heavy (non-hydrogen) atoms. The van der Waals surface area contributed by atoms with Crippen molar-refractivity contribution < 1.29 is 4.79 Å². The molecule has 0 atom stereocenters. The summed E-state index contributed by atoms with van der Waals surface area (Å²) >= 11 is 0. The van der Waals surface area contributed by atoms with Gasteiger partial charge in [0.1, 0.15) is 5.82 Å². The molecule has 4 heteroatoms. The normalized spacial score (nSPS) is 10.8. The molecule has 0 unspecified atom stereocenters. The van der Waals surface area contributed by atoms with Gasteiger partial charge in [-0.1, -0.05) is 38.1 Å². The first-order valence-corrected chi connectivity index (χ1v) is 5.99. The molecule has 0 aliphatic rings. The predicted molar refractivity (Wildman–Crippen MR) is 71.6 cm³/mol. The summed E-state index contributed by atoms with van der Waals surface area (Å²) in [5.74, 6) is 0.816. The Morgan fingerprint density at radius 1 is 1.33 bits per heavy atom. The van der Waals surface area contributed by atoms with Crippen LogP contribution in [-0.2, 0) is 6.42 Å². The number of rotatable bonds is 4. The molecule has 4 nitrogen and oxygen atoms in total. The van der Waals surface area contributed by atoms with Gasteiger partial charge < -0.3 is 5.73 Å². The Hall–Kier alpha value is -2.10. The molecule has 0 amide bonds. The van der Waals surface area contributed by atoms with Crippen LogP contribution in [0.1, 0.15) is 41.3 Å². The lowest BCUT2D eigenvalue weighted by Gasteiger charge is -2.06. The third-order valence-corrected chi connectivity index (χ3v) is 2.98. The van der Waals surface area contributed by atoms with Crippen LogP contribution in [0.4, 0.5) is 5.82 Å². The van der Waals surface area contributed by atoms with Crippen molar-refractivity contribution in [1.29, 1.82) is 0 Å². The number of aromatic amines is 1. The van der Waals surface area contributed by atoms with E-state index in [2.05, 4.69) is 36.2 Å².